The highest BCUT2D eigenvalue weighted by molar-refractivity contribution is 14.1. The monoisotopic (exact) mass is 322 g/mol. The normalized spacial score (nSPS) is 10.5. The minimum atomic E-state index is 0.0350. The molecule has 1 N–H and O–H groups in total. The smallest absolute Gasteiger partial charge is 0.266 e. The van der Waals surface area contributed by atoms with Gasteiger partial charge in [-0.3, -0.25) is 9.36 Å². The summed E-state index contributed by atoms with van der Waals surface area (Å²) in [5.74, 6) is 0. The van der Waals surface area contributed by atoms with E-state index in [1.54, 1.807) is 17.1 Å². The van der Waals surface area contributed by atoms with Gasteiger partial charge in [-0.2, -0.15) is 0 Å². The Morgan fingerprint density at radius 3 is 2.80 bits per heavy atom. The van der Waals surface area contributed by atoms with E-state index >= 15 is 0 Å². The Morgan fingerprint density at radius 1 is 1.33 bits per heavy atom. The SMILES string of the molecule is O=c1c(I)cncn1CCCCCCO. The third-order valence-electron chi connectivity index (χ3n) is 2.17. The molecule has 0 amide bonds. The predicted molar refractivity (Wildman–Crippen MR) is 66.8 cm³/mol. The maximum absolute atomic E-state index is 11.6. The summed E-state index contributed by atoms with van der Waals surface area (Å²) in [4.78, 5) is 15.5. The van der Waals surface area contributed by atoms with Crippen molar-refractivity contribution in [2.45, 2.75) is 32.2 Å². The number of hydrogen-bond acceptors (Lipinski definition) is 3. The Labute approximate surface area is 102 Å². The molecule has 0 aliphatic heterocycles. The molecule has 4 nitrogen and oxygen atoms in total. The summed E-state index contributed by atoms with van der Waals surface area (Å²) in [6.45, 7) is 0.971. The quantitative estimate of drug-likeness (QED) is 0.636. The summed E-state index contributed by atoms with van der Waals surface area (Å²) in [5.41, 5.74) is 0.0350. The lowest BCUT2D eigenvalue weighted by Crippen LogP contribution is -2.22. The van der Waals surface area contributed by atoms with Crippen molar-refractivity contribution in [2.75, 3.05) is 6.61 Å². The molecule has 0 aliphatic rings. The van der Waals surface area contributed by atoms with Crippen molar-refractivity contribution >= 4 is 22.6 Å². The second-order valence-corrected chi connectivity index (χ2v) is 4.54. The number of aromatic nitrogens is 2. The van der Waals surface area contributed by atoms with E-state index in [2.05, 4.69) is 4.98 Å². The fourth-order valence-corrected chi connectivity index (χ4v) is 1.80. The molecule has 0 aromatic carbocycles. The van der Waals surface area contributed by atoms with E-state index in [9.17, 15) is 4.79 Å². The first-order valence-electron chi connectivity index (χ1n) is 5.06. The molecular weight excluding hydrogens is 307 g/mol. The van der Waals surface area contributed by atoms with Gasteiger partial charge in [-0.15, -0.1) is 0 Å². The van der Waals surface area contributed by atoms with E-state index in [1.165, 1.54) is 0 Å². The van der Waals surface area contributed by atoms with Gasteiger partial charge in [-0.05, 0) is 35.4 Å². The Morgan fingerprint density at radius 2 is 2.07 bits per heavy atom. The summed E-state index contributed by atoms with van der Waals surface area (Å²) < 4.78 is 2.30. The zero-order chi connectivity index (χ0) is 11.1. The summed E-state index contributed by atoms with van der Waals surface area (Å²) in [6, 6.07) is 0. The zero-order valence-electron chi connectivity index (χ0n) is 8.53. The van der Waals surface area contributed by atoms with Crippen LogP contribution in [0, 0.1) is 3.57 Å². The molecule has 0 aliphatic carbocycles. The summed E-state index contributed by atoms with van der Waals surface area (Å²) in [7, 11) is 0. The lowest BCUT2D eigenvalue weighted by Gasteiger charge is -2.04. The number of rotatable bonds is 6. The number of aliphatic hydroxyl groups excluding tert-OH is 1. The fourth-order valence-electron chi connectivity index (χ4n) is 1.33. The van der Waals surface area contributed by atoms with Crippen molar-refractivity contribution in [1.82, 2.24) is 9.55 Å². The van der Waals surface area contributed by atoms with Crippen molar-refractivity contribution < 1.29 is 5.11 Å². The van der Waals surface area contributed by atoms with Gasteiger partial charge >= 0.3 is 0 Å². The van der Waals surface area contributed by atoms with Crippen LogP contribution in [0.25, 0.3) is 0 Å². The van der Waals surface area contributed by atoms with Crippen LogP contribution in [0.15, 0.2) is 17.3 Å². The molecular formula is C10H15IN2O2. The van der Waals surface area contributed by atoms with Crippen molar-refractivity contribution in [3.63, 3.8) is 0 Å². The molecule has 0 saturated heterocycles. The third-order valence-corrected chi connectivity index (χ3v) is 2.91. The van der Waals surface area contributed by atoms with Gasteiger partial charge in [0.05, 0.1) is 9.90 Å². The van der Waals surface area contributed by atoms with Crippen LogP contribution in [-0.2, 0) is 6.54 Å². The van der Waals surface area contributed by atoms with Crippen molar-refractivity contribution in [2.24, 2.45) is 0 Å². The molecule has 1 aromatic rings. The lowest BCUT2D eigenvalue weighted by molar-refractivity contribution is 0.282. The van der Waals surface area contributed by atoms with Crippen LogP contribution in [0.2, 0.25) is 0 Å². The van der Waals surface area contributed by atoms with Gasteiger partial charge in [-0.25, -0.2) is 4.98 Å². The number of hydrogen-bond donors (Lipinski definition) is 1. The Hall–Kier alpha value is -0.430. The van der Waals surface area contributed by atoms with Crippen LogP contribution < -0.4 is 5.56 Å². The van der Waals surface area contributed by atoms with Crippen molar-refractivity contribution in [3.8, 4) is 0 Å². The standard InChI is InChI=1S/C10H15IN2O2/c11-9-7-12-8-13(10(9)15)5-3-1-2-4-6-14/h7-8,14H,1-6H2. The highest BCUT2D eigenvalue weighted by Gasteiger charge is 1.99. The minimum absolute atomic E-state index is 0.0350. The molecule has 0 fully saturated rings. The summed E-state index contributed by atoms with van der Waals surface area (Å²) in [5, 5.41) is 8.60. The van der Waals surface area contributed by atoms with Gasteiger partial charge in [0.15, 0.2) is 0 Å². The minimum Gasteiger partial charge on any atom is -0.396 e. The Bertz CT molecular complexity index is 352. The van der Waals surface area contributed by atoms with Gasteiger partial charge in [0.1, 0.15) is 0 Å². The molecule has 84 valence electrons. The average molecular weight is 322 g/mol. The molecule has 5 heteroatoms. The maximum Gasteiger partial charge on any atom is 0.266 e. The molecule has 0 bridgehead atoms. The number of halogens is 1. The first-order chi connectivity index (χ1) is 7.25. The first-order valence-corrected chi connectivity index (χ1v) is 6.14. The van der Waals surface area contributed by atoms with Crippen LogP contribution in [0.1, 0.15) is 25.7 Å². The van der Waals surface area contributed by atoms with Crippen LogP contribution in [0.5, 0.6) is 0 Å². The van der Waals surface area contributed by atoms with E-state index in [1.807, 2.05) is 22.6 Å². The van der Waals surface area contributed by atoms with Gasteiger partial charge in [0.2, 0.25) is 0 Å². The second-order valence-electron chi connectivity index (χ2n) is 3.38. The van der Waals surface area contributed by atoms with Crippen LogP contribution in [-0.4, -0.2) is 21.3 Å². The molecule has 0 unspecified atom stereocenters. The van der Waals surface area contributed by atoms with Crippen LogP contribution in [0.4, 0.5) is 0 Å². The molecule has 1 aromatic heterocycles. The van der Waals surface area contributed by atoms with Gasteiger partial charge in [-0.1, -0.05) is 12.8 Å². The number of aliphatic hydroxyl groups is 1. The maximum atomic E-state index is 11.6. The molecule has 0 spiro atoms. The topological polar surface area (TPSA) is 55.1 Å². The third kappa shape index (κ3) is 4.29. The van der Waals surface area contributed by atoms with Crippen molar-refractivity contribution in [3.05, 3.63) is 26.4 Å². The van der Waals surface area contributed by atoms with Gasteiger partial charge < -0.3 is 5.11 Å². The average Bonchev–Trinajstić information content (AvgIpc) is 2.24. The van der Waals surface area contributed by atoms with E-state index in [0.29, 0.717) is 10.1 Å². The Balaban J connectivity index is 2.38. The van der Waals surface area contributed by atoms with Gasteiger partial charge in [0, 0.05) is 19.3 Å². The number of nitrogens with zero attached hydrogens (tertiary/aromatic N) is 2. The van der Waals surface area contributed by atoms with Crippen LogP contribution in [0.3, 0.4) is 0 Å². The molecule has 15 heavy (non-hydrogen) atoms. The van der Waals surface area contributed by atoms with Crippen molar-refractivity contribution in [1.29, 1.82) is 0 Å². The zero-order valence-corrected chi connectivity index (χ0v) is 10.7. The van der Waals surface area contributed by atoms with E-state index < -0.39 is 0 Å². The molecule has 1 heterocycles. The molecule has 1 rings (SSSR count). The highest BCUT2D eigenvalue weighted by atomic mass is 127. The Kier molecular flexibility index (Phi) is 5.85. The summed E-state index contributed by atoms with van der Waals surface area (Å²) >= 11 is 2.00. The predicted octanol–water partition coefficient (Wildman–Crippen LogP) is 1.40. The van der Waals surface area contributed by atoms with E-state index in [4.69, 9.17) is 5.11 Å². The second kappa shape index (κ2) is 6.95. The van der Waals surface area contributed by atoms with Crippen LogP contribution >= 0.6 is 22.6 Å². The highest BCUT2D eigenvalue weighted by Crippen LogP contribution is 2.01. The molecule has 0 saturated carbocycles. The van der Waals surface area contributed by atoms with E-state index in [-0.39, 0.29) is 12.2 Å². The lowest BCUT2D eigenvalue weighted by atomic mass is 10.2. The van der Waals surface area contributed by atoms with E-state index in [0.717, 1.165) is 25.7 Å². The molecule has 0 radical (unpaired) electrons. The summed E-state index contributed by atoms with van der Waals surface area (Å²) in [6.07, 6.45) is 7.02. The van der Waals surface area contributed by atoms with Gasteiger partial charge in [0.25, 0.3) is 5.56 Å². The largest absolute Gasteiger partial charge is 0.396 e. The number of aryl methyl sites for hydroxylation is 1. The fraction of sp³-hybridized carbons (Fsp3) is 0.600. The first kappa shape index (κ1) is 12.6. The number of unbranched alkanes of at least 4 members (excludes halogenated alkanes) is 3. The molecule has 0 atom stereocenters.